The average molecular weight is 222 g/mol. The monoisotopic (exact) mass is 222 g/mol. The molecule has 0 spiro atoms. The van der Waals surface area contributed by atoms with Gasteiger partial charge in [-0.1, -0.05) is 34.6 Å². The first kappa shape index (κ1) is 12.9. The van der Waals surface area contributed by atoms with Gasteiger partial charge in [0, 0.05) is 0 Å². The standard InChI is InChI=1S/C12H21F3/c1-6-11(9(5)12(13,14)15)8(4)10(11)7(2)3/h7-10H,6H2,1-5H3. The minimum atomic E-state index is -4.05. The molecule has 1 aliphatic carbocycles. The van der Waals surface area contributed by atoms with Crippen molar-refractivity contribution in [2.24, 2.45) is 29.1 Å². The number of hydrogen-bond donors (Lipinski definition) is 0. The second-order valence-corrected chi connectivity index (χ2v) is 5.29. The molecule has 3 heteroatoms. The molecule has 0 heterocycles. The Morgan fingerprint density at radius 3 is 1.87 bits per heavy atom. The zero-order chi connectivity index (χ0) is 12.0. The maximum Gasteiger partial charge on any atom is 0.392 e. The van der Waals surface area contributed by atoms with Gasteiger partial charge in [-0.2, -0.15) is 13.2 Å². The molecule has 0 nitrogen and oxygen atoms in total. The minimum Gasteiger partial charge on any atom is -0.171 e. The van der Waals surface area contributed by atoms with Crippen LogP contribution in [0.25, 0.3) is 0 Å². The molecule has 1 fully saturated rings. The molecule has 4 atom stereocenters. The van der Waals surface area contributed by atoms with Crippen LogP contribution in [-0.4, -0.2) is 6.18 Å². The Bertz CT molecular complexity index is 232. The Morgan fingerprint density at radius 2 is 1.67 bits per heavy atom. The lowest BCUT2D eigenvalue weighted by Crippen LogP contribution is -2.31. The van der Waals surface area contributed by atoms with Crippen LogP contribution in [0.4, 0.5) is 13.2 Å². The van der Waals surface area contributed by atoms with Crippen LogP contribution in [0.2, 0.25) is 0 Å². The Kier molecular flexibility index (Phi) is 3.15. The summed E-state index contributed by atoms with van der Waals surface area (Å²) in [5.41, 5.74) is -0.494. The molecule has 90 valence electrons. The number of alkyl halides is 3. The lowest BCUT2D eigenvalue weighted by Gasteiger charge is -2.27. The van der Waals surface area contributed by atoms with Crippen LogP contribution in [0.15, 0.2) is 0 Å². The largest absolute Gasteiger partial charge is 0.392 e. The first-order chi connectivity index (χ1) is 6.69. The van der Waals surface area contributed by atoms with Crippen LogP contribution in [0.1, 0.15) is 41.0 Å². The van der Waals surface area contributed by atoms with Crippen molar-refractivity contribution in [3.63, 3.8) is 0 Å². The molecule has 1 rings (SSSR count). The molecule has 0 radical (unpaired) electrons. The van der Waals surface area contributed by atoms with Crippen molar-refractivity contribution in [2.45, 2.75) is 47.2 Å². The first-order valence-electron chi connectivity index (χ1n) is 5.76. The molecule has 0 saturated heterocycles. The summed E-state index contributed by atoms with van der Waals surface area (Å²) in [6.45, 7) is 9.27. The summed E-state index contributed by atoms with van der Waals surface area (Å²) in [5.74, 6) is -0.375. The van der Waals surface area contributed by atoms with Crippen molar-refractivity contribution in [3.05, 3.63) is 0 Å². The van der Waals surface area contributed by atoms with Gasteiger partial charge in [0.2, 0.25) is 0 Å². The van der Waals surface area contributed by atoms with E-state index >= 15 is 0 Å². The lowest BCUT2D eigenvalue weighted by atomic mass is 9.82. The van der Waals surface area contributed by atoms with E-state index in [-0.39, 0.29) is 11.8 Å². The highest BCUT2D eigenvalue weighted by Gasteiger charge is 2.68. The topological polar surface area (TPSA) is 0 Å². The van der Waals surface area contributed by atoms with Gasteiger partial charge in [0.1, 0.15) is 0 Å². The van der Waals surface area contributed by atoms with E-state index in [4.69, 9.17) is 0 Å². The smallest absolute Gasteiger partial charge is 0.171 e. The molecule has 0 amide bonds. The fraction of sp³-hybridized carbons (Fsp3) is 1.00. The highest BCUT2D eigenvalue weighted by molar-refractivity contribution is 5.12. The van der Waals surface area contributed by atoms with Gasteiger partial charge in [-0.15, -0.1) is 0 Å². The minimum absolute atomic E-state index is 0.208. The third-order valence-electron chi connectivity index (χ3n) is 4.53. The van der Waals surface area contributed by atoms with E-state index in [0.717, 1.165) is 0 Å². The van der Waals surface area contributed by atoms with Crippen molar-refractivity contribution in [1.29, 1.82) is 0 Å². The van der Waals surface area contributed by atoms with Crippen molar-refractivity contribution in [1.82, 2.24) is 0 Å². The molecule has 0 aromatic rings. The average Bonchev–Trinajstić information content (AvgIpc) is 2.69. The molecule has 0 aromatic heterocycles. The molecule has 4 unspecified atom stereocenters. The van der Waals surface area contributed by atoms with E-state index in [2.05, 4.69) is 0 Å². The number of hydrogen-bond acceptors (Lipinski definition) is 0. The zero-order valence-corrected chi connectivity index (χ0v) is 10.2. The Hall–Kier alpha value is -0.210. The fourth-order valence-electron chi connectivity index (χ4n) is 3.74. The lowest BCUT2D eigenvalue weighted by molar-refractivity contribution is -0.191. The Labute approximate surface area is 90.2 Å². The van der Waals surface area contributed by atoms with E-state index in [1.807, 2.05) is 27.7 Å². The molecule has 0 aromatic carbocycles. The summed E-state index contributed by atoms with van der Waals surface area (Å²) >= 11 is 0. The maximum absolute atomic E-state index is 12.8. The molecule has 0 bridgehead atoms. The van der Waals surface area contributed by atoms with Crippen LogP contribution in [-0.2, 0) is 0 Å². The third-order valence-corrected chi connectivity index (χ3v) is 4.53. The Morgan fingerprint density at radius 1 is 1.20 bits per heavy atom. The number of rotatable bonds is 3. The van der Waals surface area contributed by atoms with Crippen molar-refractivity contribution >= 4 is 0 Å². The summed E-state index contributed by atoms with van der Waals surface area (Å²) < 4.78 is 38.3. The molecular weight excluding hydrogens is 201 g/mol. The van der Waals surface area contributed by atoms with Gasteiger partial charge in [0.15, 0.2) is 0 Å². The fourth-order valence-corrected chi connectivity index (χ4v) is 3.74. The molecule has 0 aliphatic heterocycles. The summed E-state index contributed by atoms with van der Waals surface area (Å²) in [6.07, 6.45) is -3.41. The van der Waals surface area contributed by atoms with Crippen LogP contribution in [0.5, 0.6) is 0 Å². The normalized spacial score (nSPS) is 38.2. The van der Waals surface area contributed by atoms with E-state index in [1.54, 1.807) is 0 Å². The second kappa shape index (κ2) is 3.67. The predicted molar refractivity (Wildman–Crippen MR) is 55.4 cm³/mol. The van der Waals surface area contributed by atoms with Crippen LogP contribution >= 0.6 is 0 Å². The summed E-state index contributed by atoms with van der Waals surface area (Å²) in [6, 6.07) is 0. The van der Waals surface area contributed by atoms with Gasteiger partial charge in [0.25, 0.3) is 0 Å². The first-order valence-corrected chi connectivity index (χ1v) is 5.76. The molecule has 0 N–H and O–H groups in total. The molecule has 1 aliphatic rings. The SMILES string of the molecule is CCC1(C(C)C(F)(F)F)C(C)C1C(C)C. The molecule has 1 saturated carbocycles. The third kappa shape index (κ3) is 1.78. The van der Waals surface area contributed by atoms with Crippen molar-refractivity contribution in [3.8, 4) is 0 Å². The van der Waals surface area contributed by atoms with Crippen LogP contribution in [0.3, 0.4) is 0 Å². The van der Waals surface area contributed by atoms with Gasteiger partial charge in [-0.25, -0.2) is 0 Å². The second-order valence-electron chi connectivity index (χ2n) is 5.29. The summed E-state index contributed by atoms with van der Waals surface area (Å²) in [4.78, 5) is 0. The summed E-state index contributed by atoms with van der Waals surface area (Å²) in [7, 11) is 0. The van der Waals surface area contributed by atoms with Crippen LogP contribution < -0.4 is 0 Å². The Balaban J connectivity index is 2.90. The van der Waals surface area contributed by atoms with E-state index in [1.165, 1.54) is 6.92 Å². The predicted octanol–water partition coefficient (Wildman–Crippen LogP) is 4.50. The van der Waals surface area contributed by atoms with E-state index < -0.39 is 17.5 Å². The van der Waals surface area contributed by atoms with E-state index in [9.17, 15) is 13.2 Å². The summed E-state index contributed by atoms with van der Waals surface area (Å²) in [5, 5.41) is 0. The quantitative estimate of drug-likeness (QED) is 0.659. The zero-order valence-electron chi connectivity index (χ0n) is 10.2. The highest BCUT2D eigenvalue weighted by Crippen LogP contribution is 2.70. The van der Waals surface area contributed by atoms with Gasteiger partial charge < -0.3 is 0 Å². The van der Waals surface area contributed by atoms with Gasteiger partial charge in [-0.05, 0) is 29.6 Å². The highest BCUT2D eigenvalue weighted by atomic mass is 19.4. The van der Waals surface area contributed by atoms with Crippen molar-refractivity contribution in [2.75, 3.05) is 0 Å². The van der Waals surface area contributed by atoms with Crippen LogP contribution in [0, 0.1) is 29.1 Å². The molecule has 15 heavy (non-hydrogen) atoms. The van der Waals surface area contributed by atoms with Gasteiger partial charge in [-0.3, -0.25) is 0 Å². The van der Waals surface area contributed by atoms with Crippen molar-refractivity contribution < 1.29 is 13.2 Å². The van der Waals surface area contributed by atoms with Gasteiger partial charge >= 0.3 is 6.18 Å². The molecular formula is C12H21F3. The van der Waals surface area contributed by atoms with Gasteiger partial charge in [0.05, 0.1) is 5.92 Å². The van der Waals surface area contributed by atoms with E-state index in [0.29, 0.717) is 12.3 Å². The number of halogens is 3. The maximum atomic E-state index is 12.8.